The molecule has 1 aromatic carbocycles. The second-order valence-electron chi connectivity index (χ2n) is 8.83. The van der Waals surface area contributed by atoms with Crippen molar-refractivity contribution in [2.45, 2.75) is 43.4 Å². The van der Waals surface area contributed by atoms with Gasteiger partial charge in [0.1, 0.15) is 29.2 Å². The second kappa shape index (κ2) is 6.76. The third kappa shape index (κ3) is 2.92. The minimum absolute atomic E-state index is 0.0434. The minimum Gasteiger partial charge on any atom is -0.477 e. The topological polar surface area (TPSA) is 98.4 Å². The fourth-order valence-corrected chi connectivity index (χ4v) is 5.16. The van der Waals surface area contributed by atoms with Crippen molar-refractivity contribution in [2.75, 3.05) is 25.0 Å². The van der Waals surface area contributed by atoms with Gasteiger partial charge in [-0.05, 0) is 38.3 Å². The second-order valence-corrected chi connectivity index (χ2v) is 8.83. The molecule has 1 aromatic heterocycles. The maximum absolute atomic E-state index is 15.3. The van der Waals surface area contributed by atoms with Crippen molar-refractivity contribution in [2.24, 2.45) is 5.92 Å². The molecular formula is C22H22F2N4O3. The first kappa shape index (κ1) is 19.9. The molecule has 2 saturated carbocycles. The Bertz CT molecular complexity index is 1210. The largest absolute Gasteiger partial charge is 0.477 e. The van der Waals surface area contributed by atoms with Crippen LogP contribution in [-0.2, 0) is 0 Å². The van der Waals surface area contributed by atoms with Crippen LogP contribution in [0.15, 0.2) is 17.1 Å². The van der Waals surface area contributed by atoms with Crippen LogP contribution in [0.25, 0.3) is 10.9 Å². The molecule has 0 amide bonds. The number of hydrogen-bond donors (Lipinski definition) is 2. The number of benzene rings is 1. The van der Waals surface area contributed by atoms with E-state index in [1.807, 2.05) is 18.0 Å². The summed E-state index contributed by atoms with van der Waals surface area (Å²) in [6.07, 6.45) is 3.02. The predicted octanol–water partition coefficient (Wildman–Crippen LogP) is 2.57. The number of halogens is 2. The molecule has 5 rings (SSSR count). The number of aromatic carboxylic acids is 1. The van der Waals surface area contributed by atoms with E-state index in [1.54, 1.807) is 0 Å². The van der Waals surface area contributed by atoms with Crippen molar-refractivity contribution in [1.82, 2.24) is 9.88 Å². The molecule has 3 fully saturated rings. The number of nitrogens with one attached hydrogen (secondary N) is 1. The van der Waals surface area contributed by atoms with E-state index in [-0.39, 0.29) is 34.1 Å². The van der Waals surface area contributed by atoms with Gasteiger partial charge in [-0.3, -0.25) is 4.79 Å². The van der Waals surface area contributed by atoms with E-state index in [2.05, 4.69) is 5.32 Å². The van der Waals surface area contributed by atoms with Gasteiger partial charge in [-0.2, -0.15) is 5.26 Å². The lowest BCUT2D eigenvalue weighted by Gasteiger charge is -2.25. The van der Waals surface area contributed by atoms with E-state index < -0.39 is 35.0 Å². The van der Waals surface area contributed by atoms with E-state index in [9.17, 15) is 24.3 Å². The van der Waals surface area contributed by atoms with Crippen molar-refractivity contribution in [3.63, 3.8) is 0 Å². The molecule has 2 aromatic rings. The number of carboxylic acid groups (broad SMARTS) is 1. The van der Waals surface area contributed by atoms with Gasteiger partial charge in [-0.15, -0.1) is 0 Å². The van der Waals surface area contributed by atoms with Crippen LogP contribution in [0, 0.1) is 23.1 Å². The lowest BCUT2D eigenvalue weighted by atomic mass is 9.96. The smallest absolute Gasteiger partial charge is 0.341 e. The fraction of sp³-hybridized carbons (Fsp3) is 0.500. The molecule has 7 nitrogen and oxygen atoms in total. The molecule has 162 valence electrons. The zero-order valence-electron chi connectivity index (χ0n) is 17.0. The standard InChI is InChI=1S/C22H22F2N4O3/c1-26-22(3-4-22)11-2-5-27(9-11)19-13(8-25)18-12(6-16(19)24)20(29)14(21(30)31)10-28(18)17-7-15(17)23/h6,10-11,15,17,26H,2-5,7,9H2,1H3,(H,30,31)/t11-,15+,17-/m1/s1. The molecular weight excluding hydrogens is 406 g/mol. The number of rotatable bonds is 5. The summed E-state index contributed by atoms with van der Waals surface area (Å²) in [5, 5.41) is 22.5. The Hall–Kier alpha value is -2.99. The molecule has 2 heterocycles. The van der Waals surface area contributed by atoms with Crippen LogP contribution in [0.2, 0.25) is 0 Å². The molecule has 1 saturated heterocycles. The average molecular weight is 428 g/mol. The molecule has 0 spiro atoms. The van der Waals surface area contributed by atoms with Crippen molar-refractivity contribution in [3.8, 4) is 6.07 Å². The van der Waals surface area contributed by atoms with Gasteiger partial charge in [0.2, 0.25) is 5.43 Å². The van der Waals surface area contributed by atoms with Gasteiger partial charge in [-0.1, -0.05) is 0 Å². The van der Waals surface area contributed by atoms with E-state index in [1.165, 1.54) is 4.57 Å². The molecule has 3 aliphatic rings. The monoisotopic (exact) mass is 428 g/mol. The highest BCUT2D eigenvalue weighted by Crippen LogP contribution is 2.48. The lowest BCUT2D eigenvalue weighted by Crippen LogP contribution is -2.37. The first-order valence-corrected chi connectivity index (χ1v) is 10.4. The fourth-order valence-electron chi connectivity index (χ4n) is 5.16. The quantitative estimate of drug-likeness (QED) is 0.760. The zero-order chi connectivity index (χ0) is 22.1. The van der Waals surface area contributed by atoms with E-state index >= 15 is 4.39 Å². The Morgan fingerprint density at radius 2 is 2.13 bits per heavy atom. The lowest BCUT2D eigenvalue weighted by molar-refractivity contribution is 0.0694. The van der Waals surface area contributed by atoms with Crippen molar-refractivity contribution in [3.05, 3.63) is 39.4 Å². The van der Waals surface area contributed by atoms with Crippen LogP contribution in [-0.4, -0.2) is 47.5 Å². The van der Waals surface area contributed by atoms with Gasteiger partial charge < -0.3 is 19.9 Å². The highest BCUT2D eigenvalue weighted by molar-refractivity contribution is 5.96. The normalized spacial score (nSPS) is 26.1. The number of hydrogen-bond acceptors (Lipinski definition) is 5. The van der Waals surface area contributed by atoms with E-state index in [0.29, 0.717) is 19.0 Å². The van der Waals surface area contributed by atoms with E-state index in [4.69, 9.17) is 0 Å². The van der Waals surface area contributed by atoms with Crippen LogP contribution >= 0.6 is 0 Å². The maximum Gasteiger partial charge on any atom is 0.341 e. The summed E-state index contributed by atoms with van der Waals surface area (Å²) in [5.41, 5.74) is -1.20. The highest BCUT2D eigenvalue weighted by atomic mass is 19.1. The predicted molar refractivity (Wildman–Crippen MR) is 110 cm³/mol. The Morgan fingerprint density at radius 3 is 2.68 bits per heavy atom. The minimum atomic E-state index is -1.47. The van der Waals surface area contributed by atoms with Crippen molar-refractivity contribution in [1.29, 1.82) is 5.26 Å². The molecule has 31 heavy (non-hydrogen) atoms. The molecule has 2 N–H and O–H groups in total. The Balaban J connectivity index is 1.70. The van der Waals surface area contributed by atoms with Gasteiger partial charge in [-0.25, -0.2) is 13.6 Å². The number of nitrogens with zero attached hydrogens (tertiary/aromatic N) is 3. The number of nitriles is 1. The number of fused-ring (bicyclic) bond motifs is 1. The number of pyridine rings is 1. The summed E-state index contributed by atoms with van der Waals surface area (Å²) in [6, 6.07) is 2.36. The third-order valence-electron chi connectivity index (χ3n) is 7.19. The van der Waals surface area contributed by atoms with E-state index in [0.717, 1.165) is 31.5 Å². The number of alkyl halides is 1. The molecule has 1 aliphatic heterocycles. The number of aromatic nitrogens is 1. The first-order valence-electron chi connectivity index (χ1n) is 10.4. The maximum atomic E-state index is 15.3. The Labute approximate surface area is 176 Å². The van der Waals surface area contributed by atoms with Crippen LogP contribution in [0.1, 0.15) is 47.6 Å². The molecule has 2 aliphatic carbocycles. The summed E-state index contributed by atoms with van der Waals surface area (Å²) < 4.78 is 30.6. The average Bonchev–Trinajstić information content (AvgIpc) is 3.64. The first-order chi connectivity index (χ1) is 14.8. The van der Waals surface area contributed by atoms with Crippen molar-refractivity contribution >= 4 is 22.6 Å². The summed E-state index contributed by atoms with van der Waals surface area (Å²) in [6.45, 7) is 1.14. The molecule has 3 atom stereocenters. The Kier molecular flexibility index (Phi) is 4.35. The van der Waals surface area contributed by atoms with Crippen LogP contribution in [0.3, 0.4) is 0 Å². The summed E-state index contributed by atoms with van der Waals surface area (Å²) in [5.74, 6) is -1.89. The summed E-state index contributed by atoms with van der Waals surface area (Å²) >= 11 is 0. The van der Waals surface area contributed by atoms with Crippen molar-refractivity contribution < 1.29 is 18.7 Å². The molecule has 9 heteroatoms. The van der Waals surface area contributed by atoms with Gasteiger partial charge in [0.05, 0.1) is 22.6 Å². The van der Waals surface area contributed by atoms with Gasteiger partial charge in [0.15, 0.2) is 0 Å². The number of carboxylic acids is 1. The van der Waals surface area contributed by atoms with Gasteiger partial charge in [0, 0.05) is 31.2 Å². The Morgan fingerprint density at radius 1 is 1.42 bits per heavy atom. The van der Waals surface area contributed by atoms with Gasteiger partial charge >= 0.3 is 5.97 Å². The molecule has 0 radical (unpaired) electrons. The number of carbonyl (C=O) groups is 1. The summed E-state index contributed by atoms with van der Waals surface area (Å²) in [4.78, 5) is 26.1. The van der Waals surface area contributed by atoms with Gasteiger partial charge in [0.25, 0.3) is 0 Å². The summed E-state index contributed by atoms with van der Waals surface area (Å²) in [7, 11) is 1.93. The van der Waals surface area contributed by atoms with Crippen LogP contribution in [0.4, 0.5) is 14.5 Å². The zero-order valence-corrected chi connectivity index (χ0v) is 17.0. The molecule has 0 bridgehead atoms. The highest BCUT2D eigenvalue weighted by Gasteiger charge is 2.50. The SMILES string of the molecule is CNC1([C@@H]2CCN(c3c(F)cc4c(=O)c(C(=O)O)cn([C@@H]5C[C@@H]5F)c4c3C#N)C2)CC1. The molecule has 0 unspecified atom stereocenters. The third-order valence-corrected chi connectivity index (χ3v) is 7.19. The van der Waals surface area contributed by atoms with Crippen LogP contribution in [0.5, 0.6) is 0 Å². The van der Waals surface area contributed by atoms with Crippen LogP contribution < -0.4 is 15.6 Å². The number of anilines is 1.